The SMILES string of the molecule is CNC(C)(C)C(=O)N1CCC(NC(=O)C(C)C)CC1. The lowest BCUT2D eigenvalue weighted by molar-refractivity contribution is -0.138. The molecule has 2 amide bonds. The lowest BCUT2D eigenvalue weighted by atomic mass is 9.99. The largest absolute Gasteiger partial charge is 0.353 e. The van der Waals surface area contributed by atoms with Crippen LogP contribution in [0, 0.1) is 5.92 Å². The molecule has 5 heteroatoms. The Bertz CT molecular complexity index is 332. The first-order valence-corrected chi connectivity index (χ1v) is 7.06. The molecule has 1 fully saturated rings. The summed E-state index contributed by atoms with van der Waals surface area (Å²) in [6.45, 7) is 9.00. The van der Waals surface area contributed by atoms with Crippen LogP contribution in [0.25, 0.3) is 0 Å². The van der Waals surface area contributed by atoms with Crippen LogP contribution >= 0.6 is 0 Å². The van der Waals surface area contributed by atoms with E-state index in [1.165, 1.54) is 0 Å². The van der Waals surface area contributed by atoms with Gasteiger partial charge in [0, 0.05) is 25.0 Å². The number of piperidine rings is 1. The van der Waals surface area contributed by atoms with Crippen LogP contribution in [0.15, 0.2) is 0 Å². The van der Waals surface area contributed by atoms with Crippen LogP contribution in [0.1, 0.15) is 40.5 Å². The molecule has 1 aliphatic heterocycles. The summed E-state index contributed by atoms with van der Waals surface area (Å²) in [5, 5.41) is 6.07. The van der Waals surface area contributed by atoms with Gasteiger partial charge in [-0.15, -0.1) is 0 Å². The highest BCUT2D eigenvalue weighted by atomic mass is 16.2. The van der Waals surface area contributed by atoms with Crippen LogP contribution in [0.3, 0.4) is 0 Å². The van der Waals surface area contributed by atoms with Gasteiger partial charge in [0.05, 0.1) is 5.54 Å². The number of hydrogen-bond acceptors (Lipinski definition) is 3. The van der Waals surface area contributed by atoms with Crippen molar-refractivity contribution in [3.8, 4) is 0 Å². The molecule has 0 bridgehead atoms. The minimum absolute atomic E-state index is 0.0166. The number of carbonyl (C=O) groups is 2. The van der Waals surface area contributed by atoms with Gasteiger partial charge in [0.25, 0.3) is 0 Å². The predicted molar refractivity (Wildman–Crippen MR) is 75.7 cm³/mol. The van der Waals surface area contributed by atoms with Gasteiger partial charge in [-0.1, -0.05) is 13.8 Å². The molecular formula is C14H27N3O2. The number of hydrogen-bond donors (Lipinski definition) is 2. The first kappa shape index (κ1) is 16.0. The third-order valence-corrected chi connectivity index (χ3v) is 3.81. The third-order valence-electron chi connectivity index (χ3n) is 3.81. The number of carbonyl (C=O) groups excluding carboxylic acids is 2. The molecule has 1 rings (SSSR count). The molecular weight excluding hydrogens is 242 g/mol. The highest BCUT2D eigenvalue weighted by molar-refractivity contribution is 5.85. The van der Waals surface area contributed by atoms with Gasteiger partial charge in [-0.05, 0) is 33.7 Å². The standard InChI is InChI=1S/C14H27N3O2/c1-10(2)12(18)16-11-6-8-17(9-7-11)13(19)14(3,4)15-5/h10-11,15H,6-9H2,1-5H3,(H,16,18). The van der Waals surface area contributed by atoms with E-state index in [0.29, 0.717) is 13.1 Å². The quantitative estimate of drug-likeness (QED) is 0.791. The van der Waals surface area contributed by atoms with Gasteiger partial charge in [-0.3, -0.25) is 9.59 Å². The van der Waals surface area contributed by atoms with Crippen molar-refractivity contribution in [2.75, 3.05) is 20.1 Å². The topological polar surface area (TPSA) is 61.4 Å². The van der Waals surface area contributed by atoms with Crippen LogP contribution in [0.4, 0.5) is 0 Å². The average molecular weight is 269 g/mol. The molecule has 0 unspecified atom stereocenters. The van der Waals surface area contributed by atoms with E-state index in [1.54, 1.807) is 7.05 Å². The van der Waals surface area contributed by atoms with Crippen molar-refractivity contribution in [2.24, 2.45) is 5.92 Å². The van der Waals surface area contributed by atoms with Crippen molar-refractivity contribution in [1.82, 2.24) is 15.5 Å². The Morgan fingerprint density at radius 1 is 1.21 bits per heavy atom. The van der Waals surface area contributed by atoms with Crippen LogP contribution < -0.4 is 10.6 Å². The maximum atomic E-state index is 12.3. The molecule has 0 atom stereocenters. The van der Waals surface area contributed by atoms with Crippen LogP contribution in [-0.4, -0.2) is 48.4 Å². The van der Waals surface area contributed by atoms with Gasteiger partial charge in [-0.2, -0.15) is 0 Å². The first-order chi connectivity index (χ1) is 8.77. The first-order valence-electron chi connectivity index (χ1n) is 7.06. The number of rotatable bonds is 4. The second-order valence-corrected chi connectivity index (χ2v) is 6.10. The van der Waals surface area contributed by atoms with Crippen molar-refractivity contribution in [2.45, 2.75) is 52.1 Å². The van der Waals surface area contributed by atoms with Crippen LogP contribution in [0.5, 0.6) is 0 Å². The Labute approximate surface area is 116 Å². The van der Waals surface area contributed by atoms with E-state index >= 15 is 0 Å². The van der Waals surface area contributed by atoms with Crippen LogP contribution in [0.2, 0.25) is 0 Å². The summed E-state index contributed by atoms with van der Waals surface area (Å²) in [6, 6.07) is 0.205. The van der Waals surface area contributed by atoms with E-state index in [4.69, 9.17) is 0 Å². The van der Waals surface area contributed by atoms with Gasteiger partial charge < -0.3 is 15.5 Å². The second kappa shape index (κ2) is 6.37. The molecule has 1 aliphatic rings. The van der Waals surface area contributed by atoms with Gasteiger partial charge in [0.2, 0.25) is 11.8 Å². The Morgan fingerprint density at radius 3 is 2.16 bits per heavy atom. The zero-order valence-corrected chi connectivity index (χ0v) is 12.7. The minimum Gasteiger partial charge on any atom is -0.353 e. The van der Waals surface area contributed by atoms with Crippen molar-refractivity contribution >= 4 is 11.8 Å². The molecule has 19 heavy (non-hydrogen) atoms. The molecule has 0 aromatic carbocycles. The summed E-state index contributed by atoms with van der Waals surface area (Å²) in [7, 11) is 1.80. The number of amides is 2. The summed E-state index contributed by atoms with van der Waals surface area (Å²) < 4.78 is 0. The van der Waals surface area contributed by atoms with Crippen molar-refractivity contribution < 1.29 is 9.59 Å². The second-order valence-electron chi connectivity index (χ2n) is 6.10. The van der Waals surface area contributed by atoms with Gasteiger partial charge in [0.1, 0.15) is 0 Å². The average Bonchev–Trinajstić information content (AvgIpc) is 2.38. The van der Waals surface area contributed by atoms with Crippen molar-refractivity contribution in [3.05, 3.63) is 0 Å². The van der Waals surface area contributed by atoms with Crippen molar-refractivity contribution in [1.29, 1.82) is 0 Å². The monoisotopic (exact) mass is 269 g/mol. The molecule has 0 aromatic rings. The van der Waals surface area contributed by atoms with E-state index < -0.39 is 5.54 Å². The fraction of sp³-hybridized carbons (Fsp3) is 0.857. The predicted octanol–water partition coefficient (Wildman–Crippen LogP) is 0.748. The normalized spacial score (nSPS) is 17.7. The molecule has 110 valence electrons. The molecule has 1 saturated heterocycles. The summed E-state index contributed by atoms with van der Waals surface area (Å²) in [4.78, 5) is 25.8. The van der Waals surface area contributed by atoms with E-state index in [9.17, 15) is 9.59 Å². The number of likely N-dealkylation sites (N-methyl/N-ethyl adjacent to an activating group) is 1. The zero-order chi connectivity index (χ0) is 14.6. The fourth-order valence-electron chi connectivity index (χ4n) is 2.10. The number of nitrogens with one attached hydrogen (secondary N) is 2. The van der Waals surface area contributed by atoms with Crippen LogP contribution in [-0.2, 0) is 9.59 Å². The van der Waals surface area contributed by atoms with E-state index in [2.05, 4.69) is 10.6 Å². The molecule has 0 aromatic heterocycles. The maximum Gasteiger partial charge on any atom is 0.242 e. The summed E-state index contributed by atoms with van der Waals surface area (Å²) in [5.74, 6) is 0.242. The highest BCUT2D eigenvalue weighted by Gasteiger charge is 2.32. The highest BCUT2D eigenvalue weighted by Crippen LogP contribution is 2.15. The molecule has 2 N–H and O–H groups in total. The Morgan fingerprint density at radius 2 is 1.74 bits per heavy atom. The van der Waals surface area contributed by atoms with Crippen molar-refractivity contribution in [3.63, 3.8) is 0 Å². The molecule has 0 radical (unpaired) electrons. The van der Waals surface area contributed by atoms with Gasteiger partial charge in [0.15, 0.2) is 0 Å². The number of nitrogens with zero attached hydrogens (tertiary/aromatic N) is 1. The Kier molecular flexibility index (Phi) is 5.35. The summed E-state index contributed by atoms with van der Waals surface area (Å²) >= 11 is 0. The molecule has 0 spiro atoms. The summed E-state index contributed by atoms with van der Waals surface area (Å²) in [6.07, 6.45) is 1.67. The molecule has 0 aliphatic carbocycles. The lowest BCUT2D eigenvalue weighted by Gasteiger charge is -2.37. The maximum absolute atomic E-state index is 12.3. The van der Waals surface area contributed by atoms with E-state index in [-0.39, 0.29) is 23.8 Å². The van der Waals surface area contributed by atoms with Gasteiger partial charge >= 0.3 is 0 Å². The Hall–Kier alpha value is -1.10. The molecule has 1 heterocycles. The number of likely N-dealkylation sites (tertiary alicyclic amines) is 1. The minimum atomic E-state index is -0.520. The lowest BCUT2D eigenvalue weighted by Crippen LogP contribution is -2.56. The zero-order valence-electron chi connectivity index (χ0n) is 12.7. The Balaban J connectivity index is 2.45. The molecule has 0 saturated carbocycles. The summed E-state index contributed by atoms with van der Waals surface area (Å²) in [5.41, 5.74) is -0.520. The fourth-order valence-corrected chi connectivity index (χ4v) is 2.10. The van der Waals surface area contributed by atoms with Gasteiger partial charge in [-0.25, -0.2) is 0 Å². The van der Waals surface area contributed by atoms with E-state index in [0.717, 1.165) is 12.8 Å². The van der Waals surface area contributed by atoms with E-state index in [1.807, 2.05) is 32.6 Å². The smallest absolute Gasteiger partial charge is 0.242 e. The molecule has 5 nitrogen and oxygen atoms in total. The third kappa shape index (κ3) is 4.20.